The lowest BCUT2D eigenvalue weighted by molar-refractivity contribution is -0.117. The zero-order valence-corrected chi connectivity index (χ0v) is 13.0. The summed E-state index contributed by atoms with van der Waals surface area (Å²) in [4.78, 5) is 18.8. The molecule has 1 aromatic carbocycles. The van der Waals surface area contributed by atoms with E-state index in [0.717, 1.165) is 37.2 Å². The lowest BCUT2D eigenvalue weighted by atomic mass is 10.1. The summed E-state index contributed by atoms with van der Waals surface area (Å²) in [5.74, 6) is 2.11. The van der Waals surface area contributed by atoms with Crippen molar-refractivity contribution in [1.29, 1.82) is 0 Å². The maximum Gasteiger partial charge on any atom is 0.232 e. The highest BCUT2D eigenvalue weighted by Crippen LogP contribution is 2.39. The van der Waals surface area contributed by atoms with Gasteiger partial charge >= 0.3 is 0 Å². The molecule has 0 N–H and O–H groups in total. The predicted octanol–water partition coefficient (Wildman–Crippen LogP) is 2.96. The number of hydrogen-bond donors (Lipinski definition) is 0. The standard InChI is InChI=1S/C18H19N3O2/c22-16-9-14(18-19-17(20-23-18)12-4-5-12)10-21(16)15-7-6-11-2-1-3-13(11)8-15/h6-8,12,14H,1-5,9-10H2/t14-/m0/s1. The van der Waals surface area contributed by atoms with Crippen molar-refractivity contribution < 1.29 is 9.32 Å². The number of aromatic nitrogens is 2. The molecule has 5 nitrogen and oxygen atoms in total. The van der Waals surface area contributed by atoms with E-state index in [9.17, 15) is 4.79 Å². The van der Waals surface area contributed by atoms with E-state index in [1.807, 2.05) is 4.90 Å². The molecule has 23 heavy (non-hydrogen) atoms. The van der Waals surface area contributed by atoms with Gasteiger partial charge in [-0.25, -0.2) is 0 Å². The van der Waals surface area contributed by atoms with Crippen molar-refractivity contribution in [1.82, 2.24) is 10.1 Å². The van der Waals surface area contributed by atoms with Crippen molar-refractivity contribution in [2.24, 2.45) is 0 Å². The van der Waals surface area contributed by atoms with Crippen LogP contribution in [0.2, 0.25) is 0 Å². The minimum absolute atomic E-state index is 0.0238. The van der Waals surface area contributed by atoms with E-state index in [1.54, 1.807) is 0 Å². The van der Waals surface area contributed by atoms with Gasteiger partial charge in [0.25, 0.3) is 0 Å². The molecule has 0 bridgehead atoms. The molecule has 2 aliphatic carbocycles. The summed E-state index contributed by atoms with van der Waals surface area (Å²) in [5, 5.41) is 4.08. The van der Waals surface area contributed by atoms with Crippen LogP contribution >= 0.6 is 0 Å². The van der Waals surface area contributed by atoms with E-state index in [1.165, 1.54) is 17.5 Å². The van der Waals surface area contributed by atoms with Crippen LogP contribution in [0.4, 0.5) is 5.69 Å². The molecular weight excluding hydrogens is 290 g/mol. The van der Waals surface area contributed by atoms with Gasteiger partial charge in [-0.2, -0.15) is 4.98 Å². The topological polar surface area (TPSA) is 59.2 Å². The van der Waals surface area contributed by atoms with Crippen LogP contribution in [0.25, 0.3) is 0 Å². The summed E-state index contributed by atoms with van der Waals surface area (Å²) in [6, 6.07) is 6.44. The average Bonchev–Trinajstić information content (AvgIpc) is 3.00. The highest BCUT2D eigenvalue weighted by atomic mass is 16.5. The molecule has 0 radical (unpaired) electrons. The predicted molar refractivity (Wildman–Crippen MR) is 84.5 cm³/mol. The molecule has 0 unspecified atom stereocenters. The zero-order valence-electron chi connectivity index (χ0n) is 13.0. The van der Waals surface area contributed by atoms with Crippen LogP contribution in [0.5, 0.6) is 0 Å². The number of benzene rings is 1. The van der Waals surface area contributed by atoms with Gasteiger partial charge in [-0.15, -0.1) is 0 Å². The van der Waals surface area contributed by atoms with E-state index in [0.29, 0.717) is 24.8 Å². The Bertz CT molecular complexity index is 778. The Morgan fingerprint density at radius 1 is 1.13 bits per heavy atom. The van der Waals surface area contributed by atoms with Gasteiger partial charge in [0.2, 0.25) is 11.8 Å². The Balaban J connectivity index is 1.38. The van der Waals surface area contributed by atoms with Crippen molar-refractivity contribution in [2.45, 2.75) is 50.4 Å². The number of amides is 1. The maximum absolute atomic E-state index is 12.4. The third-order valence-corrected chi connectivity index (χ3v) is 5.27. The fourth-order valence-electron chi connectivity index (χ4n) is 3.77. The van der Waals surface area contributed by atoms with E-state index in [4.69, 9.17) is 4.52 Å². The number of hydrogen-bond acceptors (Lipinski definition) is 4. The average molecular weight is 309 g/mol. The Morgan fingerprint density at radius 2 is 2.00 bits per heavy atom. The number of fused-ring (bicyclic) bond motifs is 1. The molecule has 5 rings (SSSR count). The van der Waals surface area contributed by atoms with Crippen LogP contribution in [-0.4, -0.2) is 22.6 Å². The highest BCUT2D eigenvalue weighted by molar-refractivity contribution is 5.96. The van der Waals surface area contributed by atoms with Crippen LogP contribution in [0, 0.1) is 0 Å². The third-order valence-electron chi connectivity index (χ3n) is 5.27. The molecule has 2 aromatic rings. The van der Waals surface area contributed by atoms with Crippen molar-refractivity contribution in [2.75, 3.05) is 11.4 Å². The largest absolute Gasteiger partial charge is 0.339 e. The maximum atomic E-state index is 12.4. The molecule has 1 saturated heterocycles. The number of carbonyl (C=O) groups is 1. The summed E-state index contributed by atoms with van der Waals surface area (Å²) < 4.78 is 5.42. The molecule has 1 saturated carbocycles. The minimum Gasteiger partial charge on any atom is -0.339 e. The van der Waals surface area contributed by atoms with Crippen LogP contribution < -0.4 is 4.90 Å². The molecule has 1 aliphatic heterocycles. The number of rotatable bonds is 3. The van der Waals surface area contributed by atoms with Crippen molar-refractivity contribution in [3.8, 4) is 0 Å². The van der Waals surface area contributed by atoms with Crippen LogP contribution in [-0.2, 0) is 17.6 Å². The van der Waals surface area contributed by atoms with Gasteiger partial charge in [0.15, 0.2) is 5.82 Å². The lowest BCUT2D eigenvalue weighted by Crippen LogP contribution is -2.24. The number of nitrogens with zero attached hydrogens (tertiary/aromatic N) is 3. The molecule has 0 spiro atoms. The SMILES string of the molecule is O=C1C[C@H](c2nc(C3CC3)no2)CN1c1ccc2c(c1)CCC2. The van der Waals surface area contributed by atoms with Crippen LogP contribution in [0.15, 0.2) is 22.7 Å². The molecule has 2 fully saturated rings. The van der Waals surface area contributed by atoms with Gasteiger partial charge in [0.1, 0.15) is 0 Å². The molecule has 3 aliphatic rings. The van der Waals surface area contributed by atoms with E-state index >= 15 is 0 Å². The monoisotopic (exact) mass is 309 g/mol. The van der Waals surface area contributed by atoms with E-state index in [2.05, 4.69) is 28.3 Å². The van der Waals surface area contributed by atoms with Gasteiger partial charge in [-0.3, -0.25) is 4.79 Å². The second-order valence-electron chi connectivity index (χ2n) is 6.98. The molecule has 5 heteroatoms. The summed E-state index contributed by atoms with van der Waals surface area (Å²) in [6.07, 6.45) is 6.29. The van der Waals surface area contributed by atoms with Gasteiger partial charge in [-0.1, -0.05) is 11.2 Å². The van der Waals surface area contributed by atoms with Crippen molar-refractivity contribution in [3.63, 3.8) is 0 Å². The Labute approximate surface area is 134 Å². The Morgan fingerprint density at radius 3 is 2.87 bits per heavy atom. The van der Waals surface area contributed by atoms with Gasteiger partial charge < -0.3 is 9.42 Å². The molecule has 118 valence electrons. The molecular formula is C18H19N3O2. The summed E-state index contributed by atoms with van der Waals surface area (Å²) in [6.45, 7) is 0.643. The first-order valence-electron chi connectivity index (χ1n) is 8.53. The molecule has 1 aromatic heterocycles. The zero-order chi connectivity index (χ0) is 15.4. The van der Waals surface area contributed by atoms with Crippen molar-refractivity contribution >= 4 is 11.6 Å². The molecule has 1 atom stereocenters. The fourth-order valence-corrected chi connectivity index (χ4v) is 3.77. The summed E-state index contributed by atoms with van der Waals surface area (Å²) in [7, 11) is 0. The second-order valence-corrected chi connectivity index (χ2v) is 6.98. The summed E-state index contributed by atoms with van der Waals surface area (Å²) >= 11 is 0. The number of anilines is 1. The first-order valence-corrected chi connectivity index (χ1v) is 8.53. The number of carbonyl (C=O) groups excluding carboxylic acids is 1. The number of aryl methyl sites for hydroxylation is 2. The minimum atomic E-state index is 0.0238. The van der Waals surface area contributed by atoms with Gasteiger partial charge in [0.05, 0.1) is 5.92 Å². The third kappa shape index (κ3) is 2.26. The first-order chi connectivity index (χ1) is 11.3. The van der Waals surface area contributed by atoms with Crippen LogP contribution in [0.3, 0.4) is 0 Å². The quantitative estimate of drug-likeness (QED) is 0.874. The highest BCUT2D eigenvalue weighted by Gasteiger charge is 2.37. The molecule has 1 amide bonds. The van der Waals surface area contributed by atoms with E-state index < -0.39 is 0 Å². The second kappa shape index (κ2) is 4.91. The fraction of sp³-hybridized carbons (Fsp3) is 0.500. The lowest BCUT2D eigenvalue weighted by Gasteiger charge is -2.17. The van der Waals surface area contributed by atoms with E-state index in [-0.39, 0.29) is 11.8 Å². The first kappa shape index (κ1) is 13.3. The normalized spacial score (nSPS) is 23.6. The van der Waals surface area contributed by atoms with Gasteiger partial charge in [0, 0.05) is 24.6 Å². The van der Waals surface area contributed by atoms with Crippen molar-refractivity contribution in [3.05, 3.63) is 41.0 Å². The smallest absolute Gasteiger partial charge is 0.232 e. The Kier molecular flexibility index (Phi) is 2.84. The molecule has 2 heterocycles. The van der Waals surface area contributed by atoms with Crippen LogP contribution in [0.1, 0.15) is 60.4 Å². The Hall–Kier alpha value is -2.17. The van der Waals surface area contributed by atoms with Gasteiger partial charge in [-0.05, 0) is 55.4 Å². The summed E-state index contributed by atoms with van der Waals surface area (Å²) in [5.41, 5.74) is 3.84.